The number of carbonyl (C=O) groups is 1. The molecule has 208 valence electrons. The van der Waals surface area contributed by atoms with Crippen LogP contribution in [0.4, 0.5) is 28.9 Å². The number of fused-ring (bicyclic) bond motifs is 1. The van der Waals surface area contributed by atoms with Crippen molar-refractivity contribution in [3.63, 3.8) is 0 Å². The molecule has 1 aliphatic heterocycles. The minimum atomic E-state index is -4.75. The maximum Gasteiger partial charge on any atom is 0.420 e. The molecule has 5 nitrogen and oxygen atoms in total. The van der Waals surface area contributed by atoms with Crippen molar-refractivity contribution in [2.75, 3.05) is 25.1 Å². The second-order valence-electron chi connectivity index (χ2n) is 10.2. The third kappa shape index (κ3) is 6.86. The van der Waals surface area contributed by atoms with Crippen LogP contribution in [-0.2, 0) is 17.4 Å². The van der Waals surface area contributed by atoms with Gasteiger partial charge in [-0.15, -0.1) is 0 Å². The molecule has 0 unspecified atom stereocenters. The number of ether oxygens (including phenoxy) is 1. The predicted molar refractivity (Wildman–Crippen MR) is 144 cm³/mol. The Morgan fingerprint density at radius 1 is 1.08 bits per heavy atom. The summed E-state index contributed by atoms with van der Waals surface area (Å²) in [6, 6.07) is 17.9. The van der Waals surface area contributed by atoms with Crippen LogP contribution in [0.3, 0.4) is 0 Å². The van der Waals surface area contributed by atoms with Crippen LogP contribution in [0.15, 0.2) is 71.6 Å². The Labute approximate surface area is 229 Å². The molecule has 1 aliphatic rings. The maximum atomic E-state index is 14.3. The fraction of sp³-hybridized carbons (Fsp3) is 0.345. The fourth-order valence-corrected chi connectivity index (χ4v) is 5.32. The van der Waals surface area contributed by atoms with Crippen molar-refractivity contribution in [3.05, 3.63) is 83.7 Å². The number of nitrogens with zero attached hydrogens (tertiary/aromatic N) is 2. The van der Waals surface area contributed by atoms with Crippen LogP contribution in [-0.4, -0.2) is 41.6 Å². The van der Waals surface area contributed by atoms with Gasteiger partial charge in [0.25, 0.3) is 0 Å². The van der Waals surface area contributed by atoms with Crippen molar-refractivity contribution in [2.45, 2.75) is 43.8 Å². The van der Waals surface area contributed by atoms with Crippen LogP contribution < -0.4 is 9.64 Å². The van der Waals surface area contributed by atoms with Gasteiger partial charge in [-0.3, -0.25) is 4.79 Å². The van der Waals surface area contributed by atoms with Gasteiger partial charge in [-0.2, -0.15) is 13.2 Å². The molecule has 0 aromatic heterocycles. The van der Waals surface area contributed by atoms with E-state index in [9.17, 15) is 27.5 Å². The van der Waals surface area contributed by atoms with Crippen molar-refractivity contribution in [2.24, 2.45) is 5.41 Å². The van der Waals surface area contributed by atoms with Gasteiger partial charge in [-0.05, 0) is 87.6 Å². The normalized spacial score (nSPS) is 16.5. The average molecular weight is 563 g/mol. The number of rotatable bonds is 8. The van der Waals surface area contributed by atoms with E-state index >= 15 is 0 Å². The summed E-state index contributed by atoms with van der Waals surface area (Å²) in [5, 5.41) is 9.41. The van der Waals surface area contributed by atoms with Crippen LogP contribution in [0.5, 0.6) is 5.75 Å². The predicted octanol–water partition coefficient (Wildman–Crippen LogP) is 7.43. The van der Waals surface area contributed by atoms with E-state index in [2.05, 4.69) is 0 Å². The summed E-state index contributed by atoms with van der Waals surface area (Å²) in [6.45, 7) is 2.72. The third-order valence-electron chi connectivity index (χ3n) is 6.72. The van der Waals surface area contributed by atoms with Gasteiger partial charge in [-0.25, -0.2) is 8.70 Å². The zero-order valence-electron chi connectivity index (χ0n) is 21.8. The van der Waals surface area contributed by atoms with E-state index in [4.69, 9.17) is 4.74 Å². The molecule has 3 aromatic carbocycles. The summed E-state index contributed by atoms with van der Waals surface area (Å²) in [7, 11) is 1.89. The number of anilines is 2. The number of benzene rings is 3. The Balaban J connectivity index is 1.76. The average Bonchev–Trinajstić information content (AvgIpc) is 3.01. The lowest BCUT2D eigenvalue weighted by Crippen LogP contribution is -2.36. The molecule has 0 spiro atoms. The van der Waals surface area contributed by atoms with Crippen LogP contribution in [0.1, 0.15) is 31.4 Å². The zero-order valence-corrected chi connectivity index (χ0v) is 22.7. The van der Waals surface area contributed by atoms with E-state index in [1.54, 1.807) is 17.0 Å². The van der Waals surface area contributed by atoms with E-state index in [0.717, 1.165) is 24.5 Å². The number of alkyl halides is 3. The molecule has 39 heavy (non-hydrogen) atoms. The smallest absolute Gasteiger partial charge is 0.420 e. The van der Waals surface area contributed by atoms with Gasteiger partial charge in [0.1, 0.15) is 18.2 Å². The number of hydrogen-bond donors (Lipinski definition) is 1. The van der Waals surface area contributed by atoms with E-state index in [-0.39, 0.29) is 6.04 Å². The van der Waals surface area contributed by atoms with Crippen molar-refractivity contribution < 1.29 is 32.2 Å². The number of aliphatic carboxylic acids is 1. The number of aryl methyl sites for hydroxylation is 1. The topological polar surface area (TPSA) is 53.0 Å². The second-order valence-corrected chi connectivity index (χ2v) is 11.4. The lowest BCUT2D eigenvalue weighted by atomic mass is 9.95. The van der Waals surface area contributed by atoms with Crippen molar-refractivity contribution in [1.82, 2.24) is 4.31 Å². The summed E-state index contributed by atoms with van der Waals surface area (Å²) in [4.78, 5) is 13.8. The first kappa shape index (κ1) is 28.8. The molecule has 10 heteroatoms. The van der Waals surface area contributed by atoms with Gasteiger partial charge in [0.05, 0.1) is 21.6 Å². The standard InChI is InChI=1S/C29H30F4N2O3S/c1-28(2,27(36)37)18-38-25-16-26-24(15-23(25)29(31,32)33)35(21-13-10-20(30)11-14-21)17-22(34(3)39-26)12-9-19-7-5-4-6-8-19/h4-8,10-11,13-16,22H,9,12,17-18H2,1-3H3,(H,36,37)/t22-/m1/s1. The van der Waals surface area contributed by atoms with Gasteiger partial charge >= 0.3 is 12.1 Å². The van der Waals surface area contributed by atoms with Gasteiger partial charge in [-0.1, -0.05) is 30.3 Å². The van der Waals surface area contributed by atoms with Gasteiger partial charge in [0, 0.05) is 18.3 Å². The number of carboxylic acids is 1. The highest BCUT2D eigenvalue weighted by Gasteiger charge is 2.39. The quantitative estimate of drug-likeness (QED) is 0.228. The molecule has 4 rings (SSSR count). The van der Waals surface area contributed by atoms with Crippen LogP contribution in [0, 0.1) is 11.2 Å². The lowest BCUT2D eigenvalue weighted by Gasteiger charge is -2.30. The molecule has 0 saturated carbocycles. The highest BCUT2D eigenvalue weighted by atomic mass is 32.2. The fourth-order valence-electron chi connectivity index (χ4n) is 4.26. The Bertz CT molecular complexity index is 1300. The molecular weight excluding hydrogens is 532 g/mol. The van der Waals surface area contributed by atoms with E-state index in [1.807, 2.05) is 41.7 Å². The summed E-state index contributed by atoms with van der Waals surface area (Å²) in [6.07, 6.45) is -3.24. The molecule has 0 aliphatic carbocycles. The minimum absolute atomic E-state index is 0.0580. The number of likely N-dealkylation sites (N-methyl/N-ethyl adjacent to an activating group) is 1. The SMILES string of the molecule is CN1Sc2cc(OCC(C)(C)C(=O)O)c(C(F)(F)F)cc2N(c2ccc(F)cc2)C[C@H]1CCc1ccccc1. The Morgan fingerprint density at radius 2 is 1.74 bits per heavy atom. The first-order valence-electron chi connectivity index (χ1n) is 12.4. The van der Waals surface area contributed by atoms with Crippen LogP contribution in [0.2, 0.25) is 0 Å². The summed E-state index contributed by atoms with van der Waals surface area (Å²) in [5.74, 6) is -2.05. The molecule has 0 amide bonds. The zero-order chi connectivity index (χ0) is 28.4. The van der Waals surface area contributed by atoms with Crippen LogP contribution in [0.25, 0.3) is 0 Å². The monoisotopic (exact) mass is 562 g/mol. The highest BCUT2D eigenvalue weighted by molar-refractivity contribution is 7.97. The summed E-state index contributed by atoms with van der Waals surface area (Å²) in [5.41, 5.74) is -0.352. The maximum absolute atomic E-state index is 14.3. The van der Waals surface area contributed by atoms with E-state index < -0.39 is 41.3 Å². The Hall–Kier alpha value is -3.24. The molecule has 1 atom stereocenters. The Morgan fingerprint density at radius 3 is 2.36 bits per heavy atom. The second kappa shape index (κ2) is 11.5. The lowest BCUT2D eigenvalue weighted by molar-refractivity contribution is -0.148. The van der Waals surface area contributed by atoms with E-state index in [0.29, 0.717) is 22.8 Å². The van der Waals surface area contributed by atoms with Crippen molar-refractivity contribution >= 4 is 29.3 Å². The third-order valence-corrected chi connectivity index (χ3v) is 7.83. The highest BCUT2D eigenvalue weighted by Crippen LogP contribution is 2.47. The first-order valence-corrected chi connectivity index (χ1v) is 13.2. The Kier molecular flexibility index (Phi) is 8.46. The molecule has 0 radical (unpaired) electrons. The minimum Gasteiger partial charge on any atom is -0.492 e. The van der Waals surface area contributed by atoms with Gasteiger partial charge < -0.3 is 14.7 Å². The number of hydrogen-bond acceptors (Lipinski definition) is 5. The van der Waals surface area contributed by atoms with E-state index in [1.165, 1.54) is 44.0 Å². The van der Waals surface area contributed by atoms with Crippen molar-refractivity contribution in [3.8, 4) is 5.75 Å². The number of halogens is 4. The molecule has 0 fully saturated rings. The summed E-state index contributed by atoms with van der Waals surface area (Å²) >= 11 is 1.30. The van der Waals surface area contributed by atoms with Crippen LogP contribution >= 0.6 is 11.9 Å². The van der Waals surface area contributed by atoms with Gasteiger partial charge in [0.2, 0.25) is 0 Å². The molecule has 1 N–H and O–H groups in total. The molecule has 0 saturated heterocycles. The largest absolute Gasteiger partial charge is 0.492 e. The summed E-state index contributed by atoms with van der Waals surface area (Å²) < 4.78 is 64.1. The molecule has 1 heterocycles. The molecule has 3 aromatic rings. The number of carboxylic acid groups (broad SMARTS) is 1. The van der Waals surface area contributed by atoms with Gasteiger partial charge in [0.15, 0.2) is 0 Å². The first-order chi connectivity index (χ1) is 18.3. The molecular formula is C29H30F4N2O3S. The molecule has 0 bridgehead atoms. The van der Waals surface area contributed by atoms with Crippen molar-refractivity contribution in [1.29, 1.82) is 0 Å².